The average molecular weight is 394 g/mol. The smallest absolute Gasteiger partial charge is 1.00 e. The van der Waals surface area contributed by atoms with Crippen LogP contribution in [-0.4, -0.2) is 23.7 Å². The molecule has 0 aliphatic carbocycles. The van der Waals surface area contributed by atoms with Gasteiger partial charge in [-0.2, -0.15) is 0 Å². The SMILES string of the molecule is CCCCCCCCCCCCCCCCCCNC(C(=O)O)C(C)C.[H-].[Na+]. The largest absolute Gasteiger partial charge is 1.00 e. The summed E-state index contributed by atoms with van der Waals surface area (Å²) in [6, 6.07) is -0.397. The Labute approximate surface area is 193 Å². The van der Waals surface area contributed by atoms with Gasteiger partial charge in [0.05, 0.1) is 0 Å². The molecule has 4 heteroatoms. The normalized spacial score (nSPS) is 12.1. The van der Waals surface area contributed by atoms with Gasteiger partial charge in [-0.1, -0.05) is 117 Å². The van der Waals surface area contributed by atoms with E-state index in [2.05, 4.69) is 12.2 Å². The van der Waals surface area contributed by atoms with Gasteiger partial charge in [0.15, 0.2) is 0 Å². The first-order valence-electron chi connectivity index (χ1n) is 11.6. The number of aliphatic carboxylic acids is 1. The third-order valence-corrected chi connectivity index (χ3v) is 5.33. The van der Waals surface area contributed by atoms with Gasteiger partial charge in [0.1, 0.15) is 6.04 Å². The fourth-order valence-corrected chi connectivity index (χ4v) is 3.54. The fourth-order valence-electron chi connectivity index (χ4n) is 3.54. The minimum atomic E-state index is -0.725. The molecule has 0 saturated heterocycles. The van der Waals surface area contributed by atoms with Crippen molar-refractivity contribution < 1.29 is 40.9 Å². The Morgan fingerprint density at radius 1 is 0.741 bits per heavy atom. The Balaban J connectivity index is -0.00000312. The minimum absolute atomic E-state index is 0. The van der Waals surface area contributed by atoms with Crippen molar-refractivity contribution in [1.29, 1.82) is 0 Å². The number of hydrogen-bond donors (Lipinski definition) is 2. The molecule has 0 fully saturated rings. The molecule has 0 aliphatic heterocycles. The predicted octanol–water partition coefficient (Wildman–Crippen LogP) is 4.06. The molecule has 0 radical (unpaired) electrons. The van der Waals surface area contributed by atoms with E-state index < -0.39 is 12.0 Å². The van der Waals surface area contributed by atoms with Crippen molar-refractivity contribution in [1.82, 2.24) is 5.32 Å². The molecule has 1 unspecified atom stereocenters. The number of carboxylic acid groups (broad SMARTS) is 1. The summed E-state index contributed by atoms with van der Waals surface area (Å²) in [5.74, 6) is -0.579. The van der Waals surface area contributed by atoms with E-state index in [1.165, 1.54) is 96.3 Å². The molecule has 0 aromatic heterocycles. The van der Waals surface area contributed by atoms with Gasteiger partial charge in [-0.15, -0.1) is 0 Å². The molecule has 3 nitrogen and oxygen atoms in total. The van der Waals surface area contributed by atoms with Crippen LogP contribution < -0.4 is 34.9 Å². The molecule has 0 aromatic carbocycles. The van der Waals surface area contributed by atoms with Gasteiger partial charge >= 0.3 is 35.5 Å². The van der Waals surface area contributed by atoms with Gasteiger partial charge in [-0.25, -0.2) is 0 Å². The predicted molar refractivity (Wildman–Crippen MR) is 115 cm³/mol. The maximum Gasteiger partial charge on any atom is 1.00 e. The zero-order valence-electron chi connectivity index (χ0n) is 20.0. The molecular weight excluding hydrogens is 345 g/mol. The molecule has 0 rings (SSSR count). The molecule has 158 valence electrons. The van der Waals surface area contributed by atoms with E-state index in [1.54, 1.807) is 0 Å². The van der Waals surface area contributed by atoms with Crippen LogP contribution in [-0.2, 0) is 4.79 Å². The molecule has 0 bridgehead atoms. The zero-order chi connectivity index (χ0) is 19.5. The summed E-state index contributed by atoms with van der Waals surface area (Å²) >= 11 is 0. The summed E-state index contributed by atoms with van der Waals surface area (Å²) < 4.78 is 0. The Morgan fingerprint density at radius 2 is 1.07 bits per heavy atom. The van der Waals surface area contributed by atoms with E-state index in [-0.39, 0.29) is 36.9 Å². The van der Waals surface area contributed by atoms with E-state index in [4.69, 9.17) is 5.11 Å². The maximum atomic E-state index is 11.1. The summed E-state index contributed by atoms with van der Waals surface area (Å²) in [5.41, 5.74) is 0. The van der Waals surface area contributed by atoms with Crippen LogP contribution in [0.4, 0.5) is 0 Å². The van der Waals surface area contributed by atoms with Crippen LogP contribution in [0.2, 0.25) is 0 Å². The first-order chi connectivity index (χ1) is 12.6. The third kappa shape index (κ3) is 21.0. The molecule has 0 spiro atoms. The maximum absolute atomic E-state index is 11.1. The Morgan fingerprint density at radius 3 is 1.37 bits per heavy atom. The van der Waals surface area contributed by atoms with Gasteiger partial charge in [-0.3, -0.25) is 4.79 Å². The summed E-state index contributed by atoms with van der Waals surface area (Å²) in [6.07, 6.45) is 21.9. The van der Waals surface area contributed by atoms with Crippen LogP contribution in [0.5, 0.6) is 0 Å². The second kappa shape index (κ2) is 22.7. The number of nitrogens with one attached hydrogen (secondary N) is 1. The van der Waals surface area contributed by atoms with Gasteiger partial charge in [0, 0.05) is 0 Å². The first kappa shape index (κ1) is 29.6. The van der Waals surface area contributed by atoms with Crippen LogP contribution in [0.1, 0.15) is 125 Å². The van der Waals surface area contributed by atoms with Crippen LogP contribution in [0, 0.1) is 5.92 Å². The van der Waals surface area contributed by atoms with Crippen LogP contribution in [0.3, 0.4) is 0 Å². The Bertz CT molecular complexity index is 317. The Hall–Kier alpha value is 0.430. The second-order valence-corrected chi connectivity index (χ2v) is 8.32. The van der Waals surface area contributed by atoms with Crippen molar-refractivity contribution in [2.75, 3.05) is 6.54 Å². The van der Waals surface area contributed by atoms with Crippen molar-refractivity contribution in [3.63, 3.8) is 0 Å². The standard InChI is InChI=1S/C23H47NO2.Na.H/c1-4-5-6-7-8-9-10-11-12-13-14-15-16-17-18-19-20-24-22(21(2)3)23(25)26;;/h21-22,24H,4-20H2,1-3H3,(H,25,26);;/q;+1;-1. The minimum Gasteiger partial charge on any atom is -1.00 e. The molecule has 0 aliphatic rings. The summed E-state index contributed by atoms with van der Waals surface area (Å²) in [4.78, 5) is 11.1. The fraction of sp³-hybridized carbons (Fsp3) is 0.957. The zero-order valence-corrected chi connectivity index (χ0v) is 21.0. The van der Waals surface area contributed by atoms with Gasteiger partial charge in [-0.05, 0) is 18.9 Å². The number of hydrogen-bond acceptors (Lipinski definition) is 2. The molecule has 0 aromatic rings. The molecule has 2 N–H and O–H groups in total. The number of carboxylic acids is 1. The van der Waals surface area contributed by atoms with Crippen molar-refractivity contribution in [3.05, 3.63) is 0 Å². The number of unbranched alkanes of at least 4 members (excludes halogenated alkanes) is 15. The number of carbonyl (C=O) groups is 1. The third-order valence-electron chi connectivity index (χ3n) is 5.33. The number of rotatable bonds is 20. The molecule has 0 amide bonds. The Kier molecular flexibility index (Phi) is 24.9. The second-order valence-electron chi connectivity index (χ2n) is 8.32. The monoisotopic (exact) mass is 393 g/mol. The van der Waals surface area contributed by atoms with Crippen molar-refractivity contribution in [3.8, 4) is 0 Å². The summed E-state index contributed by atoms with van der Waals surface area (Å²) in [5, 5.41) is 12.3. The topological polar surface area (TPSA) is 49.3 Å². The summed E-state index contributed by atoms with van der Waals surface area (Å²) in [6.45, 7) is 7.02. The molecule has 0 saturated carbocycles. The molecular formula is C23H48NNaO2. The molecule has 0 heterocycles. The summed E-state index contributed by atoms with van der Waals surface area (Å²) in [7, 11) is 0. The van der Waals surface area contributed by atoms with E-state index >= 15 is 0 Å². The van der Waals surface area contributed by atoms with Crippen molar-refractivity contribution in [2.45, 2.75) is 130 Å². The van der Waals surface area contributed by atoms with Crippen LogP contribution in [0.25, 0.3) is 0 Å². The van der Waals surface area contributed by atoms with Gasteiger partial charge in [0.25, 0.3) is 0 Å². The quantitative estimate of drug-likeness (QED) is 0.242. The van der Waals surface area contributed by atoms with E-state index in [0.29, 0.717) is 0 Å². The van der Waals surface area contributed by atoms with Crippen molar-refractivity contribution >= 4 is 5.97 Å². The van der Waals surface area contributed by atoms with Gasteiger partial charge in [0.2, 0.25) is 0 Å². The van der Waals surface area contributed by atoms with E-state index in [0.717, 1.165) is 13.0 Å². The molecule has 27 heavy (non-hydrogen) atoms. The van der Waals surface area contributed by atoms with Crippen LogP contribution >= 0.6 is 0 Å². The van der Waals surface area contributed by atoms with Crippen molar-refractivity contribution in [2.24, 2.45) is 5.92 Å². The first-order valence-corrected chi connectivity index (χ1v) is 11.6. The van der Waals surface area contributed by atoms with E-state index in [1.807, 2.05) is 13.8 Å². The van der Waals surface area contributed by atoms with Crippen LogP contribution in [0.15, 0.2) is 0 Å². The van der Waals surface area contributed by atoms with E-state index in [9.17, 15) is 4.79 Å². The van der Waals surface area contributed by atoms with Gasteiger partial charge < -0.3 is 11.8 Å². The average Bonchev–Trinajstić information content (AvgIpc) is 2.60. The molecule has 1 atom stereocenters.